The van der Waals surface area contributed by atoms with Crippen molar-refractivity contribution in [1.29, 1.82) is 0 Å². The molecule has 4 aromatic rings. The Labute approximate surface area is 126 Å². The first kappa shape index (κ1) is 12.5. The van der Waals surface area contributed by atoms with Crippen molar-refractivity contribution in [2.45, 2.75) is 0 Å². The summed E-state index contributed by atoms with van der Waals surface area (Å²) in [5, 5.41) is 5.18. The van der Waals surface area contributed by atoms with Crippen LogP contribution in [0, 0.1) is 0 Å². The summed E-state index contributed by atoms with van der Waals surface area (Å²) in [4.78, 5) is 8.55. The topological polar surface area (TPSA) is 52.8 Å². The molecule has 22 heavy (non-hydrogen) atoms. The third-order valence-electron chi connectivity index (χ3n) is 3.29. The van der Waals surface area contributed by atoms with E-state index in [0.29, 0.717) is 11.5 Å². The molecule has 0 unspecified atom stereocenters. The van der Waals surface area contributed by atoms with Crippen molar-refractivity contribution in [3.05, 3.63) is 73.2 Å². The molecule has 2 aromatic heterocycles. The summed E-state index contributed by atoms with van der Waals surface area (Å²) in [6.07, 6.45) is 3.21. The number of para-hydroxylation sites is 2. The number of rotatable bonds is 3. The first-order chi connectivity index (χ1) is 10.9. The van der Waals surface area contributed by atoms with Gasteiger partial charge in [0.1, 0.15) is 17.5 Å². The Morgan fingerprint density at radius 3 is 2.32 bits per heavy atom. The maximum atomic E-state index is 5.84. The normalized spacial score (nSPS) is 10.7. The Balaban J connectivity index is 1.81. The molecule has 2 heterocycles. The molecule has 0 radical (unpaired) electrons. The quantitative estimate of drug-likeness (QED) is 0.578. The smallest absolute Gasteiger partial charge is 0.233 e. The van der Waals surface area contributed by atoms with Gasteiger partial charge in [0.05, 0.1) is 11.9 Å². The molecule has 0 atom stereocenters. The van der Waals surface area contributed by atoms with Crippen molar-refractivity contribution < 1.29 is 4.74 Å². The minimum Gasteiger partial charge on any atom is -0.438 e. The number of ether oxygens (including phenoxy) is 1. The predicted octanol–water partition coefficient (Wildman–Crippen LogP) is 3.61. The number of fused-ring (bicyclic) bond motifs is 1. The van der Waals surface area contributed by atoms with Gasteiger partial charge >= 0.3 is 0 Å². The van der Waals surface area contributed by atoms with E-state index in [4.69, 9.17) is 4.74 Å². The molecule has 0 aliphatic rings. The molecule has 106 valence electrons. The summed E-state index contributed by atoms with van der Waals surface area (Å²) in [6.45, 7) is 0. The average molecular weight is 288 g/mol. The average Bonchev–Trinajstić information content (AvgIpc) is 3.02. The molecule has 0 bridgehead atoms. The van der Waals surface area contributed by atoms with Gasteiger partial charge in [0.25, 0.3) is 0 Å². The minimum absolute atomic E-state index is 0.499. The van der Waals surface area contributed by atoms with Crippen LogP contribution >= 0.6 is 0 Å². The van der Waals surface area contributed by atoms with E-state index in [1.54, 1.807) is 10.9 Å². The lowest BCUT2D eigenvalue weighted by molar-refractivity contribution is 0.468. The summed E-state index contributed by atoms with van der Waals surface area (Å²) in [7, 11) is 0. The molecule has 0 saturated carbocycles. The Hall–Kier alpha value is -3.21. The van der Waals surface area contributed by atoms with E-state index in [1.165, 1.54) is 6.33 Å². The van der Waals surface area contributed by atoms with E-state index in [2.05, 4.69) is 15.1 Å². The molecule has 5 nitrogen and oxygen atoms in total. The van der Waals surface area contributed by atoms with Gasteiger partial charge in [-0.15, -0.1) is 0 Å². The van der Waals surface area contributed by atoms with Gasteiger partial charge in [0.2, 0.25) is 5.88 Å². The zero-order valence-electron chi connectivity index (χ0n) is 11.6. The number of aromatic nitrogens is 4. The number of benzene rings is 2. The van der Waals surface area contributed by atoms with Gasteiger partial charge < -0.3 is 4.74 Å². The number of hydrogen-bond acceptors (Lipinski definition) is 4. The number of nitrogens with zero attached hydrogens (tertiary/aromatic N) is 4. The molecule has 0 aliphatic carbocycles. The third-order valence-corrected chi connectivity index (χ3v) is 3.29. The van der Waals surface area contributed by atoms with Crippen LogP contribution in [0.4, 0.5) is 0 Å². The SMILES string of the molecule is c1ccc(Oc2ncnc3c2cnn3-c2ccccc2)cc1. The Morgan fingerprint density at radius 2 is 1.55 bits per heavy atom. The molecular formula is C17H12N4O. The Bertz CT molecular complexity index is 904. The zero-order chi connectivity index (χ0) is 14.8. The summed E-state index contributed by atoms with van der Waals surface area (Å²) in [5.41, 5.74) is 1.66. The van der Waals surface area contributed by atoms with Crippen molar-refractivity contribution in [3.8, 4) is 17.3 Å². The van der Waals surface area contributed by atoms with E-state index in [0.717, 1.165) is 16.8 Å². The largest absolute Gasteiger partial charge is 0.438 e. The van der Waals surface area contributed by atoms with Crippen molar-refractivity contribution in [2.24, 2.45) is 0 Å². The molecule has 5 heteroatoms. The summed E-state index contributed by atoms with van der Waals surface area (Å²) in [6, 6.07) is 19.4. The fourth-order valence-corrected chi connectivity index (χ4v) is 2.26. The van der Waals surface area contributed by atoms with Crippen LogP contribution in [0.1, 0.15) is 0 Å². The van der Waals surface area contributed by atoms with Gasteiger partial charge in [-0.2, -0.15) is 5.10 Å². The maximum Gasteiger partial charge on any atom is 0.233 e. The van der Waals surface area contributed by atoms with Crippen LogP contribution in [0.25, 0.3) is 16.7 Å². The fraction of sp³-hybridized carbons (Fsp3) is 0. The molecule has 2 aromatic carbocycles. The Morgan fingerprint density at radius 1 is 0.818 bits per heavy atom. The maximum absolute atomic E-state index is 5.84. The molecule has 0 spiro atoms. The third kappa shape index (κ3) is 2.18. The van der Waals surface area contributed by atoms with Crippen molar-refractivity contribution in [3.63, 3.8) is 0 Å². The minimum atomic E-state index is 0.499. The predicted molar refractivity (Wildman–Crippen MR) is 83.2 cm³/mol. The monoisotopic (exact) mass is 288 g/mol. The highest BCUT2D eigenvalue weighted by atomic mass is 16.5. The zero-order valence-corrected chi connectivity index (χ0v) is 11.6. The standard InChI is InChI=1S/C17H12N4O/c1-3-7-13(8-4-1)21-16-15(11-20-21)17(19-12-18-16)22-14-9-5-2-6-10-14/h1-12H. The van der Waals surface area contributed by atoms with Gasteiger partial charge in [-0.05, 0) is 24.3 Å². The van der Waals surface area contributed by atoms with E-state index in [9.17, 15) is 0 Å². The van der Waals surface area contributed by atoms with Crippen molar-refractivity contribution in [1.82, 2.24) is 19.7 Å². The second kappa shape index (κ2) is 5.29. The summed E-state index contributed by atoms with van der Waals surface area (Å²) in [5.74, 6) is 1.23. The molecule has 0 amide bonds. The van der Waals surface area contributed by atoms with E-state index in [-0.39, 0.29) is 0 Å². The van der Waals surface area contributed by atoms with Gasteiger partial charge in [-0.1, -0.05) is 36.4 Å². The molecule has 0 fully saturated rings. The van der Waals surface area contributed by atoms with E-state index < -0.39 is 0 Å². The van der Waals surface area contributed by atoms with Crippen LogP contribution in [-0.4, -0.2) is 19.7 Å². The van der Waals surface area contributed by atoms with Crippen LogP contribution in [0.15, 0.2) is 73.2 Å². The lowest BCUT2D eigenvalue weighted by Crippen LogP contribution is -1.97. The lowest BCUT2D eigenvalue weighted by Gasteiger charge is -2.05. The highest BCUT2D eigenvalue weighted by molar-refractivity contribution is 5.81. The van der Waals surface area contributed by atoms with E-state index >= 15 is 0 Å². The fourth-order valence-electron chi connectivity index (χ4n) is 2.26. The Kier molecular flexibility index (Phi) is 3.01. The first-order valence-electron chi connectivity index (χ1n) is 6.89. The van der Waals surface area contributed by atoms with Crippen LogP contribution < -0.4 is 4.74 Å². The molecule has 0 aliphatic heterocycles. The van der Waals surface area contributed by atoms with Crippen LogP contribution in [0.3, 0.4) is 0 Å². The highest BCUT2D eigenvalue weighted by Crippen LogP contribution is 2.27. The molecular weight excluding hydrogens is 276 g/mol. The molecule has 4 rings (SSSR count). The molecule has 0 saturated heterocycles. The van der Waals surface area contributed by atoms with E-state index in [1.807, 2.05) is 60.7 Å². The second-order valence-electron chi connectivity index (χ2n) is 4.72. The highest BCUT2D eigenvalue weighted by Gasteiger charge is 2.12. The van der Waals surface area contributed by atoms with Gasteiger partial charge in [-0.3, -0.25) is 0 Å². The summed E-state index contributed by atoms with van der Waals surface area (Å²) < 4.78 is 7.61. The molecule has 0 N–H and O–H groups in total. The van der Waals surface area contributed by atoms with Crippen molar-refractivity contribution in [2.75, 3.05) is 0 Å². The summed E-state index contributed by atoms with van der Waals surface area (Å²) >= 11 is 0. The van der Waals surface area contributed by atoms with Crippen LogP contribution in [-0.2, 0) is 0 Å². The van der Waals surface area contributed by atoms with Gasteiger partial charge in [0.15, 0.2) is 5.65 Å². The van der Waals surface area contributed by atoms with Crippen molar-refractivity contribution >= 4 is 11.0 Å². The lowest BCUT2D eigenvalue weighted by atomic mass is 10.3. The van der Waals surface area contributed by atoms with Crippen LogP contribution in [0.5, 0.6) is 11.6 Å². The second-order valence-corrected chi connectivity index (χ2v) is 4.72. The van der Waals surface area contributed by atoms with Gasteiger partial charge in [0, 0.05) is 0 Å². The number of hydrogen-bond donors (Lipinski definition) is 0. The first-order valence-corrected chi connectivity index (χ1v) is 6.89. The van der Waals surface area contributed by atoms with Crippen LogP contribution in [0.2, 0.25) is 0 Å². The van der Waals surface area contributed by atoms with Gasteiger partial charge in [-0.25, -0.2) is 14.6 Å².